The average molecular weight is 471 g/mol. The summed E-state index contributed by atoms with van der Waals surface area (Å²) in [5.41, 5.74) is 3.95. The molecule has 1 saturated heterocycles. The zero-order valence-corrected chi connectivity index (χ0v) is 19.9. The number of nitrogens with one attached hydrogen (secondary N) is 1. The van der Waals surface area contributed by atoms with Crippen LogP contribution in [0.2, 0.25) is 0 Å². The SMILES string of the molecule is Cc1ccc(NC(=O)Cn2c(C)cc(=O)n3nc(-c4ccc(C5CC(=O)N(C)C5)cc4)nc23)cc1. The maximum atomic E-state index is 12.7. The Labute approximate surface area is 202 Å². The number of hydrogen-bond acceptors (Lipinski definition) is 5. The Morgan fingerprint density at radius 1 is 1.06 bits per heavy atom. The van der Waals surface area contributed by atoms with Gasteiger partial charge in [0.15, 0.2) is 5.82 Å². The standard InChI is InChI=1S/C26H26N6O3/c1-16-4-10-21(11-5-16)27-22(33)15-31-17(2)12-24(35)32-26(31)28-25(29-32)19-8-6-18(7-9-19)20-13-23(34)30(3)14-20/h4-12,20H,13-15H2,1-3H3,(H,27,33). The van der Waals surface area contributed by atoms with Crippen LogP contribution in [0, 0.1) is 13.8 Å². The topological polar surface area (TPSA) is 102 Å². The van der Waals surface area contributed by atoms with Crippen LogP contribution < -0.4 is 10.9 Å². The molecular weight excluding hydrogens is 444 g/mol. The molecule has 9 heteroatoms. The van der Waals surface area contributed by atoms with Gasteiger partial charge in [0.1, 0.15) is 6.54 Å². The molecule has 0 saturated carbocycles. The highest BCUT2D eigenvalue weighted by Gasteiger charge is 2.28. The first-order valence-corrected chi connectivity index (χ1v) is 11.5. The van der Waals surface area contributed by atoms with Crippen LogP contribution in [0.1, 0.15) is 29.2 Å². The Kier molecular flexibility index (Phi) is 5.68. The highest BCUT2D eigenvalue weighted by molar-refractivity contribution is 5.90. The smallest absolute Gasteiger partial charge is 0.275 e. The van der Waals surface area contributed by atoms with E-state index in [4.69, 9.17) is 0 Å². The number of aromatic nitrogens is 4. The third-order valence-corrected chi connectivity index (χ3v) is 6.42. The first kappa shape index (κ1) is 22.5. The minimum atomic E-state index is -0.310. The van der Waals surface area contributed by atoms with Crippen molar-refractivity contribution in [2.75, 3.05) is 18.9 Å². The molecule has 0 bridgehead atoms. The number of anilines is 1. The number of hydrogen-bond donors (Lipinski definition) is 1. The Hall–Kier alpha value is -4.27. The molecule has 1 N–H and O–H groups in total. The Balaban J connectivity index is 1.42. The molecule has 1 fully saturated rings. The lowest BCUT2D eigenvalue weighted by Gasteiger charge is -2.11. The zero-order valence-electron chi connectivity index (χ0n) is 19.9. The van der Waals surface area contributed by atoms with Crippen molar-refractivity contribution < 1.29 is 9.59 Å². The van der Waals surface area contributed by atoms with Gasteiger partial charge in [-0.3, -0.25) is 14.4 Å². The van der Waals surface area contributed by atoms with Gasteiger partial charge in [-0.15, -0.1) is 5.10 Å². The van der Waals surface area contributed by atoms with Crippen LogP contribution in [0.4, 0.5) is 5.69 Å². The van der Waals surface area contributed by atoms with Gasteiger partial charge in [0, 0.05) is 48.9 Å². The van der Waals surface area contributed by atoms with Crippen LogP contribution in [0.25, 0.3) is 17.2 Å². The van der Waals surface area contributed by atoms with Crippen molar-refractivity contribution in [1.29, 1.82) is 0 Å². The van der Waals surface area contributed by atoms with Gasteiger partial charge in [0.2, 0.25) is 17.6 Å². The largest absolute Gasteiger partial charge is 0.345 e. The van der Waals surface area contributed by atoms with Crippen LogP contribution in [-0.4, -0.2) is 49.5 Å². The molecule has 178 valence electrons. The van der Waals surface area contributed by atoms with Gasteiger partial charge < -0.3 is 14.8 Å². The van der Waals surface area contributed by atoms with E-state index in [1.807, 2.05) is 62.5 Å². The van der Waals surface area contributed by atoms with E-state index in [0.29, 0.717) is 35.9 Å². The maximum Gasteiger partial charge on any atom is 0.275 e. The molecular formula is C26H26N6O3. The molecule has 0 aliphatic carbocycles. The number of aryl methyl sites for hydroxylation is 2. The third kappa shape index (κ3) is 4.44. The van der Waals surface area contributed by atoms with E-state index in [1.54, 1.807) is 16.4 Å². The van der Waals surface area contributed by atoms with Gasteiger partial charge in [-0.05, 0) is 31.5 Å². The van der Waals surface area contributed by atoms with Gasteiger partial charge >= 0.3 is 0 Å². The van der Waals surface area contributed by atoms with E-state index in [1.165, 1.54) is 10.6 Å². The van der Waals surface area contributed by atoms with E-state index in [0.717, 1.165) is 16.7 Å². The quantitative estimate of drug-likeness (QED) is 0.483. The number of fused-ring (bicyclic) bond motifs is 1. The van der Waals surface area contributed by atoms with Crippen LogP contribution in [0.5, 0.6) is 0 Å². The van der Waals surface area contributed by atoms with Crippen molar-refractivity contribution in [3.63, 3.8) is 0 Å². The van der Waals surface area contributed by atoms with Gasteiger partial charge in [-0.2, -0.15) is 9.50 Å². The van der Waals surface area contributed by atoms with Crippen molar-refractivity contribution in [2.24, 2.45) is 0 Å². The minimum Gasteiger partial charge on any atom is -0.345 e. The fourth-order valence-electron chi connectivity index (χ4n) is 4.39. The molecule has 0 spiro atoms. The summed E-state index contributed by atoms with van der Waals surface area (Å²) in [7, 11) is 1.82. The molecule has 1 aliphatic heterocycles. The van der Waals surface area contributed by atoms with Gasteiger partial charge in [0.05, 0.1) is 0 Å². The maximum absolute atomic E-state index is 12.7. The van der Waals surface area contributed by atoms with Crippen molar-refractivity contribution >= 4 is 23.3 Å². The number of nitrogens with zero attached hydrogens (tertiary/aromatic N) is 5. The van der Waals surface area contributed by atoms with Crippen molar-refractivity contribution in [1.82, 2.24) is 24.1 Å². The number of carbonyl (C=O) groups is 2. The first-order chi connectivity index (χ1) is 16.8. The van der Waals surface area contributed by atoms with Crippen LogP contribution in [0.15, 0.2) is 59.4 Å². The average Bonchev–Trinajstić information content (AvgIpc) is 3.42. The second kappa shape index (κ2) is 8.83. The summed E-state index contributed by atoms with van der Waals surface area (Å²) in [5, 5.41) is 7.29. The lowest BCUT2D eigenvalue weighted by atomic mass is 9.97. The van der Waals surface area contributed by atoms with E-state index in [9.17, 15) is 14.4 Å². The fourth-order valence-corrected chi connectivity index (χ4v) is 4.39. The van der Waals surface area contributed by atoms with Crippen LogP contribution in [-0.2, 0) is 16.1 Å². The fraction of sp³-hybridized carbons (Fsp3) is 0.269. The second-order valence-electron chi connectivity index (χ2n) is 9.07. The molecule has 4 aromatic rings. The lowest BCUT2D eigenvalue weighted by molar-refractivity contribution is -0.126. The van der Waals surface area contributed by atoms with Gasteiger partial charge in [-0.1, -0.05) is 42.0 Å². The predicted octanol–water partition coefficient (Wildman–Crippen LogP) is 2.76. The number of rotatable bonds is 5. The summed E-state index contributed by atoms with van der Waals surface area (Å²) in [6.07, 6.45) is 0.506. The second-order valence-corrected chi connectivity index (χ2v) is 9.07. The monoisotopic (exact) mass is 470 g/mol. The summed E-state index contributed by atoms with van der Waals surface area (Å²) in [5.74, 6) is 0.784. The van der Waals surface area contributed by atoms with Crippen LogP contribution >= 0.6 is 0 Å². The van der Waals surface area contributed by atoms with E-state index < -0.39 is 0 Å². The number of benzene rings is 2. The Morgan fingerprint density at radius 2 is 1.77 bits per heavy atom. The molecule has 1 unspecified atom stereocenters. The summed E-state index contributed by atoms with van der Waals surface area (Å²) in [6, 6.07) is 16.8. The molecule has 5 rings (SSSR count). The van der Waals surface area contributed by atoms with Crippen LogP contribution in [0.3, 0.4) is 0 Å². The molecule has 1 aliphatic rings. The summed E-state index contributed by atoms with van der Waals surface area (Å²) < 4.78 is 2.90. The molecule has 2 aromatic heterocycles. The van der Waals surface area contributed by atoms with Gasteiger partial charge in [0.25, 0.3) is 5.56 Å². The lowest BCUT2D eigenvalue weighted by Crippen LogP contribution is -2.25. The number of likely N-dealkylation sites (N-methyl/N-ethyl adjacent to an activating group) is 1. The minimum absolute atomic E-state index is 0.0101. The summed E-state index contributed by atoms with van der Waals surface area (Å²) in [6.45, 7) is 4.44. The molecule has 35 heavy (non-hydrogen) atoms. The molecule has 2 aromatic carbocycles. The number of carbonyl (C=O) groups excluding carboxylic acids is 2. The highest BCUT2D eigenvalue weighted by atomic mass is 16.2. The summed E-state index contributed by atoms with van der Waals surface area (Å²) >= 11 is 0. The molecule has 2 amide bonds. The molecule has 3 heterocycles. The van der Waals surface area contributed by atoms with E-state index in [-0.39, 0.29) is 29.8 Å². The molecule has 1 atom stereocenters. The van der Waals surface area contributed by atoms with Crippen molar-refractivity contribution in [2.45, 2.75) is 32.7 Å². The Bertz CT molecular complexity index is 1480. The third-order valence-electron chi connectivity index (χ3n) is 6.42. The zero-order chi connectivity index (χ0) is 24.7. The summed E-state index contributed by atoms with van der Waals surface area (Å²) in [4.78, 5) is 43.6. The Morgan fingerprint density at radius 3 is 2.43 bits per heavy atom. The van der Waals surface area contributed by atoms with Crippen molar-refractivity contribution in [3.05, 3.63) is 81.8 Å². The number of likely N-dealkylation sites (tertiary alicyclic amines) is 1. The van der Waals surface area contributed by atoms with E-state index in [2.05, 4.69) is 15.4 Å². The predicted molar refractivity (Wildman–Crippen MR) is 132 cm³/mol. The number of amides is 2. The molecule has 9 nitrogen and oxygen atoms in total. The van der Waals surface area contributed by atoms with Crippen molar-refractivity contribution in [3.8, 4) is 11.4 Å². The normalized spacial score (nSPS) is 15.7. The van der Waals surface area contributed by atoms with E-state index >= 15 is 0 Å². The first-order valence-electron chi connectivity index (χ1n) is 11.5. The highest BCUT2D eigenvalue weighted by Crippen LogP contribution is 2.28. The molecule has 0 radical (unpaired) electrons. The van der Waals surface area contributed by atoms with Gasteiger partial charge in [-0.25, -0.2) is 0 Å².